The topological polar surface area (TPSA) is 23.6 Å². The number of carbonyl (C=O) groups excluding carboxylic acids is 1. The Bertz CT molecular complexity index is 498. The molecule has 1 saturated heterocycles. The highest BCUT2D eigenvalue weighted by Crippen LogP contribution is 2.30. The molecule has 1 atom stereocenters. The van der Waals surface area contributed by atoms with Gasteiger partial charge in [0.25, 0.3) is 5.91 Å². The molecule has 0 saturated carbocycles. The maximum atomic E-state index is 12.9. The van der Waals surface area contributed by atoms with E-state index in [0.717, 1.165) is 24.4 Å². The van der Waals surface area contributed by atoms with Gasteiger partial charge in [0.05, 0.1) is 4.88 Å². The molecule has 0 bridgehead atoms. The summed E-state index contributed by atoms with van der Waals surface area (Å²) in [4.78, 5) is 19.7. The molecule has 1 fully saturated rings. The Morgan fingerprint density at radius 3 is 2.73 bits per heavy atom. The number of hydrogen-bond donors (Lipinski definition) is 0. The first-order valence-corrected chi connectivity index (χ1v) is 9.54. The fourth-order valence-corrected chi connectivity index (χ4v) is 4.89. The predicted octanol–water partition coefficient (Wildman–Crippen LogP) is 3.57. The first kappa shape index (κ1) is 16.0. The van der Waals surface area contributed by atoms with Crippen molar-refractivity contribution >= 4 is 17.2 Å². The van der Waals surface area contributed by atoms with Crippen LogP contribution < -0.4 is 0 Å². The van der Waals surface area contributed by atoms with Crippen LogP contribution >= 0.6 is 11.3 Å². The van der Waals surface area contributed by atoms with E-state index in [1.54, 1.807) is 11.3 Å². The molecule has 3 nitrogen and oxygen atoms in total. The van der Waals surface area contributed by atoms with E-state index >= 15 is 0 Å². The summed E-state index contributed by atoms with van der Waals surface area (Å²) >= 11 is 1.76. The van der Waals surface area contributed by atoms with Crippen molar-refractivity contribution in [3.05, 3.63) is 21.4 Å². The number of likely N-dealkylation sites (tertiary alicyclic amines) is 1. The van der Waals surface area contributed by atoms with Gasteiger partial charge in [-0.15, -0.1) is 11.3 Å². The molecule has 4 heteroatoms. The molecule has 0 N–H and O–H groups in total. The molecular formula is C18H28N2OS. The van der Waals surface area contributed by atoms with Crippen LogP contribution in [0.15, 0.2) is 6.07 Å². The van der Waals surface area contributed by atoms with Gasteiger partial charge in [-0.3, -0.25) is 4.79 Å². The minimum absolute atomic E-state index is 0.267. The quantitative estimate of drug-likeness (QED) is 0.831. The maximum Gasteiger partial charge on any atom is 0.263 e. The Hall–Kier alpha value is -0.870. The third kappa shape index (κ3) is 3.54. The van der Waals surface area contributed by atoms with Crippen LogP contribution in [0.2, 0.25) is 0 Å². The van der Waals surface area contributed by atoms with E-state index in [1.165, 1.54) is 55.4 Å². The highest BCUT2D eigenvalue weighted by atomic mass is 32.1. The number of thiophene rings is 1. The van der Waals surface area contributed by atoms with Crippen molar-refractivity contribution in [2.75, 3.05) is 27.2 Å². The van der Waals surface area contributed by atoms with Crippen LogP contribution in [-0.2, 0) is 12.8 Å². The zero-order chi connectivity index (χ0) is 15.5. The molecule has 0 spiro atoms. The van der Waals surface area contributed by atoms with Gasteiger partial charge in [-0.1, -0.05) is 12.8 Å². The summed E-state index contributed by atoms with van der Waals surface area (Å²) in [5, 5.41) is 0. The average molecular weight is 321 g/mol. The lowest BCUT2D eigenvalue weighted by atomic mass is 9.99. The number of hydrogen-bond acceptors (Lipinski definition) is 3. The molecule has 22 heavy (non-hydrogen) atoms. The summed E-state index contributed by atoms with van der Waals surface area (Å²) < 4.78 is 0. The highest BCUT2D eigenvalue weighted by Gasteiger charge is 2.27. The minimum Gasteiger partial charge on any atom is -0.336 e. The third-order valence-electron chi connectivity index (χ3n) is 5.12. The van der Waals surface area contributed by atoms with Crippen molar-refractivity contribution in [1.29, 1.82) is 0 Å². The number of amides is 1. The molecule has 2 aliphatic rings. The number of aryl methyl sites for hydroxylation is 2. The van der Waals surface area contributed by atoms with Gasteiger partial charge in [-0.2, -0.15) is 0 Å². The van der Waals surface area contributed by atoms with Crippen molar-refractivity contribution in [2.45, 2.75) is 57.4 Å². The molecule has 0 aromatic carbocycles. The fraction of sp³-hybridized carbons (Fsp3) is 0.722. The van der Waals surface area contributed by atoms with Gasteiger partial charge in [-0.05, 0) is 64.3 Å². The molecule has 1 aromatic rings. The Kier molecular flexibility index (Phi) is 5.19. The van der Waals surface area contributed by atoms with Crippen LogP contribution in [0.5, 0.6) is 0 Å². The Labute approximate surface area is 138 Å². The molecule has 1 amide bonds. The average Bonchev–Trinajstić information content (AvgIpc) is 2.89. The van der Waals surface area contributed by atoms with Crippen molar-refractivity contribution in [3.63, 3.8) is 0 Å². The summed E-state index contributed by atoms with van der Waals surface area (Å²) in [6, 6.07) is 2.71. The molecule has 122 valence electrons. The van der Waals surface area contributed by atoms with Gasteiger partial charge in [0.15, 0.2) is 0 Å². The van der Waals surface area contributed by atoms with Crippen LogP contribution in [0, 0.1) is 0 Å². The lowest BCUT2D eigenvalue weighted by Gasteiger charge is -2.35. The molecule has 3 rings (SSSR count). The number of nitrogens with zero attached hydrogens (tertiary/aromatic N) is 2. The van der Waals surface area contributed by atoms with Crippen molar-refractivity contribution < 1.29 is 4.79 Å². The maximum absolute atomic E-state index is 12.9. The molecule has 1 aliphatic heterocycles. The lowest BCUT2D eigenvalue weighted by Crippen LogP contribution is -2.47. The highest BCUT2D eigenvalue weighted by molar-refractivity contribution is 7.14. The monoisotopic (exact) mass is 320 g/mol. The summed E-state index contributed by atoms with van der Waals surface area (Å²) in [6.07, 6.45) is 9.92. The standard InChI is InChI=1S/C18H28N2OS/c1-19(2)15-9-7-11-20(13-15)18(21)17-12-14-8-5-3-4-6-10-16(14)22-17/h12,15H,3-11,13H2,1-2H3. The van der Waals surface area contributed by atoms with Crippen molar-refractivity contribution in [3.8, 4) is 0 Å². The molecule has 1 unspecified atom stereocenters. The van der Waals surface area contributed by atoms with Crippen LogP contribution in [0.3, 0.4) is 0 Å². The van der Waals surface area contributed by atoms with Crippen LogP contribution in [0.4, 0.5) is 0 Å². The van der Waals surface area contributed by atoms with E-state index in [9.17, 15) is 4.79 Å². The van der Waals surface area contributed by atoms with Crippen molar-refractivity contribution in [1.82, 2.24) is 9.80 Å². The second kappa shape index (κ2) is 7.14. The summed E-state index contributed by atoms with van der Waals surface area (Å²) in [5.41, 5.74) is 1.45. The zero-order valence-corrected chi connectivity index (χ0v) is 14.8. The molecule has 1 aromatic heterocycles. The largest absolute Gasteiger partial charge is 0.336 e. The summed E-state index contributed by atoms with van der Waals surface area (Å²) in [6.45, 7) is 1.81. The lowest BCUT2D eigenvalue weighted by molar-refractivity contribution is 0.0640. The van der Waals surface area contributed by atoms with Crippen molar-refractivity contribution in [2.24, 2.45) is 0 Å². The normalized spacial score (nSPS) is 23.0. The number of rotatable bonds is 2. The zero-order valence-electron chi connectivity index (χ0n) is 13.9. The Balaban J connectivity index is 1.73. The molecule has 0 radical (unpaired) electrons. The first-order valence-electron chi connectivity index (χ1n) is 8.72. The molecule has 1 aliphatic carbocycles. The first-order chi connectivity index (χ1) is 10.6. The summed E-state index contributed by atoms with van der Waals surface area (Å²) in [5.74, 6) is 0.267. The summed E-state index contributed by atoms with van der Waals surface area (Å²) in [7, 11) is 4.24. The van der Waals surface area contributed by atoms with E-state index in [-0.39, 0.29) is 5.91 Å². The van der Waals surface area contributed by atoms with Gasteiger partial charge in [-0.25, -0.2) is 0 Å². The van der Waals surface area contributed by atoms with Gasteiger partial charge >= 0.3 is 0 Å². The third-order valence-corrected chi connectivity index (χ3v) is 6.35. The number of piperidine rings is 1. The molecule has 2 heterocycles. The van der Waals surface area contributed by atoms with Gasteiger partial charge < -0.3 is 9.80 Å². The van der Waals surface area contributed by atoms with E-state index in [0.29, 0.717) is 6.04 Å². The van der Waals surface area contributed by atoms with Crippen LogP contribution in [-0.4, -0.2) is 48.9 Å². The second-order valence-corrected chi connectivity index (χ2v) is 8.12. The van der Waals surface area contributed by atoms with Gasteiger partial charge in [0.2, 0.25) is 0 Å². The SMILES string of the molecule is CN(C)C1CCCN(C(=O)c2cc3c(s2)CCCCCC3)C1. The van der Waals surface area contributed by atoms with Gasteiger partial charge in [0.1, 0.15) is 0 Å². The minimum atomic E-state index is 0.267. The Morgan fingerprint density at radius 2 is 1.95 bits per heavy atom. The second-order valence-electron chi connectivity index (χ2n) is 6.98. The Morgan fingerprint density at radius 1 is 1.18 bits per heavy atom. The molecular weight excluding hydrogens is 292 g/mol. The van der Waals surface area contributed by atoms with E-state index in [1.807, 2.05) is 0 Å². The number of carbonyl (C=O) groups is 1. The van der Waals surface area contributed by atoms with E-state index in [4.69, 9.17) is 0 Å². The fourth-order valence-electron chi connectivity index (χ4n) is 3.67. The van der Waals surface area contributed by atoms with Gasteiger partial charge in [0, 0.05) is 24.0 Å². The van der Waals surface area contributed by atoms with E-state index in [2.05, 4.69) is 30.0 Å². The number of fused-ring (bicyclic) bond motifs is 1. The van der Waals surface area contributed by atoms with Crippen LogP contribution in [0.1, 0.15) is 58.6 Å². The number of likely N-dealkylation sites (N-methyl/N-ethyl adjacent to an activating group) is 1. The van der Waals surface area contributed by atoms with Crippen LogP contribution in [0.25, 0.3) is 0 Å². The predicted molar refractivity (Wildman–Crippen MR) is 92.8 cm³/mol. The smallest absolute Gasteiger partial charge is 0.263 e. The van der Waals surface area contributed by atoms with E-state index < -0.39 is 0 Å².